The fourth-order valence-electron chi connectivity index (χ4n) is 1.50. The Labute approximate surface area is 118 Å². The van der Waals surface area contributed by atoms with Crippen LogP contribution in [0.2, 0.25) is 5.02 Å². The lowest BCUT2D eigenvalue weighted by molar-refractivity contribution is -0.127. The van der Waals surface area contributed by atoms with Gasteiger partial charge in [-0.05, 0) is 35.5 Å². The first-order chi connectivity index (χ1) is 8.97. The molecule has 0 aromatic heterocycles. The zero-order chi connectivity index (χ0) is 14.0. The number of primary amides is 1. The number of rotatable bonds is 3. The lowest BCUT2D eigenvalue weighted by Crippen LogP contribution is -2.36. The lowest BCUT2D eigenvalue weighted by Gasteiger charge is -2.08. The number of imide groups is 1. The Hall–Kier alpha value is -1.79. The van der Waals surface area contributed by atoms with E-state index in [0.717, 1.165) is 22.2 Å². The van der Waals surface area contributed by atoms with Crippen molar-refractivity contribution >= 4 is 46.5 Å². The third kappa shape index (κ3) is 3.15. The van der Waals surface area contributed by atoms with Crippen molar-refractivity contribution < 1.29 is 14.4 Å². The summed E-state index contributed by atoms with van der Waals surface area (Å²) in [6, 6.07) is 6.82. The average molecular weight is 297 g/mol. The molecule has 0 saturated carbocycles. The highest BCUT2D eigenvalue weighted by atomic mass is 35.5. The Bertz CT molecular complexity index is 583. The van der Waals surface area contributed by atoms with Gasteiger partial charge in [0.05, 0.1) is 4.91 Å². The average Bonchev–Trinajstić information content (AvgIpc) is 2.60. The summed E-state index contributed by atoms with van der Waals surface area (Å²) in [4.78, 5) is 35.3. The first-order valence-electron chi connectivity index (χ1n) is 5.26. The SMILES string of the molecule is NC(=O)CN1C(=O)S/C(=C\c2ccc(Cl)cc2)C1=O. The summed E-state index contributed by atoms with van der Waals surface area (Å²) in [7, 11) is 0. The molecule has 1 aromatic rings. The van der Waals surface area contributed by atoms with Gasteiger partial charge >= 0.3 is 0 Å². The third-order valence-electron chi connectivity index (χ3n) is 2.36. The topological polar surface area (TPSA) is 80.5 Å². The van der Waals surface area contributed by atoms with Gasteiger partial charge in [-0.2, -0.15) is 0 Å². The van der Waals surface area contributed by atoms with Crippen molar-refractivity contribution in [2.75, 3.05) is 6.54 Å². The fourth-order valence-corrected chi connectivity index (χ4v) is 2.47. The van der Waals surface area contributed by atoms with E-state index >= 15 is 0 Å². The summed E-state index contributed by atoms with van der Waals surface area (Å²) < 4.78 is 0. The quantitative estimate of drug-likeness (QED) is 0.863. The summed E-state index contributed by atoms with van der Waals surface area (Å²) in [5.41, 5.74) is 5.73. The molecular weight excluding hydrogens is 288 g/mol. The van der Waals surface area contributed by atoms with Crippen LogP contribution in [0.5, 0.6) is 0 Å². The van der Waals surface area contributed by atoms with E-state index in [-0.39, 0.29) is 4.91 Å². The van der Waals surface area contributed by atoms with E-state index in [0.29, 0.717) is 5.02 Å². The second kappa shape index (κ2) is 5.46. The van der Waals surface area contributed by atoms with E-state index in [2.05, 4.69) is 0 Å². The van der Waals surface area contributed by atoms with Crippen molar-refractivity contribution in [3.05, 3.63) is 39.8 Å². The minimum absolute atomic E-state index is 0.258. The Balaban J connectivity index is 2.23. The number of thioether (sulfide) groups is 1. The Morgan fingerprint density at radius 3 is 2.53 bits per heavy atom. The molecule has 1 heterocycles. The molecule has 7 heteroatoms. The monoisotopic (exact) mass is 296 g/mol. The smallest absolute Gasteiger partial charge is 0.294 e. The van der Waals surface area contributed by atoms with Crippen molar-refractivity contribution in [2.45, 2.75) is 0 Å². The molecule has 1 fully saturated rings. The van der Waals surface area contributed by atoms with Crippen LogP contribution in [0.15, 0.2) is 29.2 Å². The van der Waals surface area contributed by atoms with Crippen molar-refractivity contribution in [2.24, 2.45) is 5.73 Å². The minimum Gasteiger partial charge on any atom is -0.368 e. The highest BCUT2D eigenvalue weighted by molar-refractivity contribution is 8.18. The van der Waals surface area contributed by atoms with Crippen LogP contribution < -0.4 is 5.73 Å². The van der Waals surface area contributed by atoms with Crippen LogP contribution in [0.3, 0.4) is 0 Å². The molecule has 0 bridgehead atoms. The molecule has 1 aromatic carbocycles. The number of carbonyl (C=O) groups excluding carboxylic acids is 3. The summed E-state index contributed by atoms with van der Waals surface area (Å²) in [6.45, 7) is -0.400. The summed E-state index contributed by atoms with van der Waals surface area (Å²) >= 11 is 6.53. The van der Waals surface area contributed by atoms with E-state index in [9.17, 15) is 14.4 Å². The third-order valence-corrected chi connectivity index (χ3v) is 3.51. The molecule has 2 rings (SSSR count). The number of hydrogen-bond donors (Lipinski definition) is 1. The predicted molar refractivity (Wildman–Crippen MR) is 73.3 cm³/mol. The van der Waals surface area contributed by atoms with Crippen LogP contribution in [0, 0.1) is 0 Å². The predicted octanol–water partition coefficient (Wildman–Crippen LogP) is 1.86. The van der Waals surface area contributed by atoms with Crippen LogP contribution in [-0.2, 0) is 9.59 Å². The Morgan fingerprint density at radius 1 is 1.32 bits per heavy atom. The molecule has 3 amide bonds. The second-order valence-electron chi connectivity index (χ2n) is 3.79. The van der Waals surface area contributed by atoms with Gasteiger partial charge < -0.3 is 5.73 Å². The maximum absolute atomic E-state index is 11.9. The van der Waals surface area contributed by atoms with Crippen LogP contribution >= 0.6 is 23.4 Å². The van der Waals surface area contributed by atoms with Gasteiger partial charge in [0.2, 0.25) is 5.91 Å². The molecular formula is C12H9ClN2O3S. The zero-order valence-electron chi connectivity index (χ0n) is 9.63. The molecule has 1 aliphatic heterocycles. The Kier molecular flexibility index (Phi) is 3.92. The van der Waals surface area contributed by atoms with Crippen LogP contribution in [0.25, 0.3) is 6.08 Å². The molecule has 5 nitrogen and oxygen atoms in total. The van der Waals surface area contributed by atoms with Crippen molar-refractivity contribution in [1.29, 1.82) is 0 Å². The summed E-state index contributed by atoms with van der Waals surface area (Å²) in [6.07, 6.45) is 1.57. The first-order valence-corrected chi connectivity index (χ1v) is 6.46. The summed E-state index contributed by atoms with van der Waals surface area (Å²) in [5, 5.41) is 0.0861. The molecule has 0 unspecified atom stereocenters. The highest BCUT2D eigenvalue weighted by Crippen LogP contribution is 2.31. The standard InChI is InChI=1S/C12H9ClN2O3S/c13-8-3-1-7(2-4-8)5-9-11(17)15(6-10(14)16)12(18)19-9/h1-5H,6H2,(H2,14,16)/b9-5-. The van der Waals surface area contributed by atoms with Crippen LogP contribution in [0.1, 0.15) is 5.56 Å². The normalized spacial score (nSPS) is 17.3. The van der Waals surface area contributed by atoms with E-state index in [4.69, 9.17) is 17.3 Å². The van der Waals surface area contributed by atoms with Gasteiger partial charge in [0.1, 0.15) is 6.54 Å². The lowest BCUT2D eigenvalue weighted by atomic mass is 10.2. The van der Waals surface area contributed by atoms with Gasteiger partial charge in [-0.25, -0.2) is 0 Å². The van der Waals surface area contributed by atoms with E-state index in [1.165, 1.54) is 0 Å². The maximum atomic E-state index is 11.9. The molecule has 0 spiro atoms. The number of benzene rings is 1. The minimum atomic E-state index is -0.727. The second-order valence-corrected chi connectivity index (χ2v) is 5.22. The van der Waals surface area contributed by atoms with Gasteiger partial charge in [-0.15, -0.1) is 0 Å². The molecule has 0 aliphatic carbocycles. The van der Waals surface area contributed by atoms with E-state index < -0.39 is 23.6 Å². The number of halogens is 1. The maximum Gasteiger partial charge on any atom is 0.294 e. The number of carbonyl (C=O) groups is 3. The molecule has 1 saturated heterocycles. The van der Waals surface area contributed by atoms with E-state index in [1.807, 2.05) is 0 Å². The van der Waals surface area contributed by atoms with Crippen LogP contribution in [0.4, 0.5) is 4.79 Å². The van der Waals surface area contributed by atoms with Crippen molar-refractivity contribution in [1.82, 2.24) is 4.90 Å². The number of hydrogen-bond acceptors (Lipinski definition) is 4. The van der Waals surface area contributed by atoms with E-state index in [1.54, 1.807) is 30.3 Å². The van der Waals surface area contributed by atoms with Crippen LogP contribution in [-0.4, -0.2) is 28.5 Å². The molecule has 0 atom stereocenters. The highest BCUT2D eigenvalue weighted by Gasteiger charge is 2.35. The zero-order valence-corrected chi connectivity index (χ0v) is 11.2. The van der Waals surface area contributed by atoms with Crippen molar-refractivity contribution in [3.8, 4) is 0 Å². The molecule has 2 N–H and O–H groups in total. The van der Waals surface area contributed by atoms with Gasteiger partial charge in [-0.1, -0.05) is 23.7 Å². The fraction of sp³-hybridized carbons (Fsp3) is 0.0833. The first kappa shape index (κ1) is 13.6. The number of nitrogens with two attached hydrogens (primary N) is 1. The molecule has 1 aliphatic rings. The molecule has 98 valence electrons. The van der Waals surface area contributed by atoms with Gasteiger partial charge in [-0.3, -0.25) is 19.3 Å². The van der Waals surface area contributed by atoms with Crippen molar-refractivity contribution in [3.63, 3.8) is 0 Å². The Morgan fingerprint density at radius 2 is 1.95 bits per heavy atom. The molecule has 19 heavy (non-hydrogen) atoms. The van der Waals surface area contributed by atoms with Gasteiger partial charge in [0, 0.05) is 5.02 Å². The summed E-state index contributed by atoms with van der Waals surface area (Å²) in [5.74, 6) is -1.24. The number of nitrogens with zero attached hydrogens (tertiary/aromatic N) is 1. The van der Waals surface area contributed by atoms with Gasteiger partial charge in [0.15, 0.2) is 0 Å². The molecule has 0 radical (unpaired) electrons. The van der Waals surface area contributed by atoms with Gasteiger partial charge in [0.25, 0.3) is 11.1 Å². The largest absolute Gasteiger partial charge is 0.368 e. The number of amides is 3.